The van der Waals surface area contributed by atoms with Crippen molar-refractivity contribution in [3.05, 3.63) is 16.0 Å². The van der Waals surface area contributed by atoms with E-state index in [1.54, 1.807) is 0 Å². The van der Waals surface area contributed by atoms with E-state index in [0.717, 1.165) is 57.2 Å². The molecular formula is C17H25N3O3S. The standard InChI is InChI=1S/C17H25N3O3S/c18-16(23)15-12-3-1-2-4-13(12)24-17(15)19-14(22)7-10-20-8-5-11(21)6-9-20/h11,21H,1-10H2,(H2,18,23)(H,19,22). The number of aryl methyl sites for hydroxylation is 1. The molecule has 1 aliphatic heterocycles. The van der Waals surface area contributed by atoms with E-state index < -0.39 is 5.91 Å². The zero-order valence-corrected chi connectivity index (χ0v) is 14.7. The summed E-state index contributed by atoms with van der Waals surface area (Å²) < 4.78 is 0. The van der Waals surface area contributed by atoms with Crippen LogP contribution in [0.1, 0.15) is 52.9 Å². The molecule has 2 aliphatic rings. The molecule has 0 spiro atoms. The maximum atomic E-state index is 12.3. The number of carbonyl (C=O) groups is 2. The number of nitrogens with two attached hydrogens (primary N) is 1. The first-order valence-electron chi connectivity index (χ1n) is 8.69. The number of rotatable bonds is 5. The number of anilines is 1. The van der Waals surface area contributed by atoms with Gasteiger partial charge in [0, 0.05) is 30.9 Å². The monoisotopic (exact) mass is 351 g/mol. The molecular weight excluding hydrogens is 326 g/mol. The maximum Gasteiger partial charge on any atom is 0.251 e. The summed E-state index contributed by atoms with van der Waals surface area (Å²) >= 11 is 1.50. The molecule has 0 radical (unpaired) electrons. The Hall–Kier alpha value is -1.44. The first-order valence-corrected chi connectivity index (χ1v) is 9.51. The van der Waals surface area contributed by atoms with Crippen LogP contribution in [0.25, 0.3) is 0 Å². The number of thiophene rings is 1. The van der Waals surface area contributed by atoms with Crippen LogP contribution in [-0.2, 0) is 17.6 Å². The average Bonchev–Trinajstić information content (AvgIpc) is 2.92. The molecule has 2 amide bonds. The van der Waals surface area contributed by atoms with Crippen molar-refractivity contribution in [1.29, 1.82) is 0 Å². The Morgan fingerprint density at radius 1 is 1.25 bits per heavy atom. The molecule has 1 aromatic heterocycles. The largest absolute Gasteiger partial charge is 0.393 e. The smallest absolute Gasteiger partial charge is 0.251 e. The van der Waals surface area contributed by atoms with Crippen molar-refractivity contribution in [3.8, 4) is 0 Å². The number of primary amides is 1. The summed E-state index contributed by atoms with van der Waals surface area (Å²) in [5, 5.41) is 13.0. The fourth-order valence-corrected chi connectivity index (χ4v) is 4.82. The molecule has 4 N–H and O–H groups in total. The second-order valence-electron chi connectivity index (χ2n) is 6.65. The number of hydrogen-bond donors (Lipinski definition) is 3. The van der Waals surface area contributed by atoms with Gasteiger partial charge < -0.3 is 21.1 Å². The van der Waals surface area contributed by atoms with Crippen molar-refractivity contribution in [2.75, 3.05) is 25.0 Å². The summed E-state index contributed by atoms with van der Waals surface area (Å²) in [4.78, 5) is 27.5. The van der Waals surface area contributed by atoms with Gasteiger partial charge in [-0.15, -0.1) is 11.3 Å². The quantitative estimate of drug-likeness (QED) is 0.749. The molecule has 24 heavy (non-hydrogen) atoms. The number of nitrogens with one attached hydrogen (secondary N) is 1. The first-order chi connectivity index (χ1) is 11.5. The van der Waals surface area contributed by atoms with Crippen molar-refractivity contribution >= 4 is 28.2 Å². The Morgan fingerprint density at radius 2 is 1.96 bits per heavy atom. The molecule has 0 unspecified atom stereocenters. The number of piperidine rings is 1. The summed E-state index contributed by atoms with van der Waals surface area (Å²) in [5.41, 5.74) is 7.11. The molecule has 0 atom stereocenters. The molecule has 0 bridgehead atoms. The van der Waals surface area contributed by atoms with Crippen LogP contribution in [0.5, 0.6) is 0 Å². The summed E-state index contributed by atoms with van der Waals surface area (Å²) in [5.74, 6) is -0.531. The zero-order valence-electron chi connectivity index (χ0n) is 13.8. The Labute approximate surface area is 146 Å². The first kappa shape index (κ1) is 17.4. The third-order valence-corrected chi connectivity index (χ3v) is 6.09. The molecule has 0 saturated carbocycles. The minimum absolute atomic E-state index is 0.0813. The van der Waals surface area contributed by atoms with E-state index in [4.69, 9.17) is 5.73 Å². The number of aliphatic hydroxyl groups excluding tert-OH is 1. The van der Waals surface area contributed by atoms with Crippen molar-refractivity contribution in [1.82, 2.24) is 4.90 Å². The van der Waals surface area contributed by atoms with Gasteiger partial charge in [-0.1, -0.05) is 0 Å². The van der Waals surface area contributed by atoms with Crippen molar-refractivity contribution in [3.63, 3.8) is 0 Å². The predicted molar refractivity (Wildman–Crippen MR) is 94.4 cm³/mol. The minimum Gasteiger partial charge on any atom is -0.393 e. The van der Waals surface area contributed by atoms with Gasteiger partial charge >= 0.3 is 0 Å². The molecule has 1 fully saturated rings. The van der Waals surface area contributed by atoms with Crippen LogP contribution >= 0.6 is 11.3 Å². The highest BCUT2D eigenvalue weighted by molar-refractivity contribution is 7.17. The predicted octanol–water partition coefficient (Wildman–Crippen LogP) is 1.51. The van der Waals surface area contributed by atoms with Crippen LogP contribution in [0.2, 0.25) is 0 Å². The van der Waals surface area contributed by atoms with Gasteiger partial charge in [-0.25, -0.2) is 0 Å². The van der Waals surface area contributed by atoms with E-state index in [2.05, 4.69) is 10.2 Å². The number of hydrogen-bond acceptors (Lipinski definition) is 5. The lowest BCUT2D eigenvalue weighted by Crippen LogP contribution is -2.37. The third kappa shape index (κ3) is 3.96. The lowest BCUT2D eigenvalue weighted by Gasteiger charge is -2.29. The molecule has 132 valence electrons. The normalized spacial score (nSPS) is 19.0. The number of amides is 2. The van der Waals surface area contributed by atoms with Gasteiger partial charge in [0.25, 0.3) is 5.91 Å². The lowest BCUT2D eigenvalue weighted by molar-refractivity contribution is -0.116. The van der Waals surface area contributed by atoms with Gasteiger partial charge in [-0.05, 0) is 44.1 Å². The fourth-order valence-electron chi connectivity index (χ4n) is 3.51. The van der Waals surface area contributed by atoms with Crippen molar-refractivity contribution < 1.29 is 14.7 Å². The van der Waals surface area contributed by atoms with E-state index in [9.17, 15) is 14.7 Å². The summed E-state index contributed by atoms with van der Waals surface area (Å²) in [6, 6.07) is 0. The third-order valence-electron chi connectivity index (χ3n) is 4.88. The van der Waals surface area contributed by atoms with Crippen LogP contribution in [0.4, 0.5) is 5.00 Å². The lowest BCUT2D eigenvalue weighted by atomic mass is 9.95. The second-order valence-corrected chi connectivity index (χ2v) is 7.76. The van der Waals surface area contributed by atoms with Crippen LogP contribution in [0, 0.1) is 0 Å². The number of aliphatic hydroxyl groups is 1. The molecule has 6 nitrogen and oxygen atoms in total. The van der Waals surface area contributed by atoms with Crippen LogP contribution < -0.4 is 11.1 Å². The summed E-state index contributed by atoms with van der Waals surface area (Å²) in [6.07, 6.45) is 5.75. The molecule has 3 rings (SSSR count). The Kier molecular flexibility index (Phi) is 5.53. The molecule has 7 heteroatoms. The SMILES string of the molecule is NC(=O)c1c(NC(=O)CCN2CCC(O)CC2)sc2c1CCCC2. The van der Waals surface area contributed by atoms with Crippen molar-refractivity contribution in [2.24, 2.45) is 5.73 Å². The molecule has 1 saturated heterocycles. The van der Waals surface area contributed by atoms with Crippen LogP contribution in [0.15, 0.2) is 0 Å². The highest BCUT2D eigenvalue weighted by Gasteiger charge is 2.25. The van der Waals surface area contributed by atoms with Crippen LogP contribution in [-0.4, -0.2) is 47.6 Å². The minimum atomic E-state index is -0.449. The topological polar surface area (TPSA) is 95.7 Å². The number of likely N-dealkylation sites (tertiary alicyclic amines) is 1. The summed E-state index contributed by atoms with van der Waals surface area (Å²) in [7, 11) is 0. The second kappa shape index (κ2) is 7.63. The molecule has 1 aromatic rings. The van der Waals surface area contributed by atoms with Gasteiger partial charge in [0.2, 0.25) is 5.91 Å². The van der Waals surface area contributed by atoms with Gasteiger partial charge in [0.1, 0.15) is 5.00 Å². The van der Waals surface area contributed by atoms with E-state index in [1.165, 1.54) is 16.2 Å². The Morgan fingerprint density at radius 3 is 2.67 bits per heavy atom. The maximum absolute atomic E-state index is 12.3. The van der Waals surface area contributed by atoms with E-state index in [0.29, 0.717) is 23.5 Å². The average molecular weight is 351 g/mol. The molecule has 2 heterocycles. The Bertz CT molecular complexity index is 621. The zero-order chi connectivity index (χ0) is 17.1. The van der Waals surface area contributed by atoms with Gasteiger partial charge in [-0.2, -0.15) is 0 Å². The van der Waals surface area contributed by atoms with Gasteiger partial charge in [0.05, 0.1) is 11.7 Å². The molecule has 1 aliphatic carbocycles. The highest BCUT2D eigenvalue weighted by Crippen LogP contribution is 2.37. The van der Waals surface area contributed by atoms with E-state index >= 15 is 0 Å². The van der Waals surface area contributed by atoms with E-state index in [-0.39, 0.29) is 12.0 Å². The number of nitrogens with zero attached hydrogens (tertiary/aromatic N) is 1. The fraction of sp³-hybridized carbons (Fsp3) is 0.647. The highest BCUT2D eigenvalue weighted by atomic mass is 32.1. The Balaban J connectivity index is 1.60. The van der Waals surface area contributed by atoms with Crippen molar-refractivity contribution in [2.45, 2.75) is 51.0 Å². The van der Waals surface area contributed by atoms with E-state index in [1.807, 2.05) is 0 Å². The molecule has 0 aromatic carbocycles. The number of fused-ring (bicyclic) bond motifs is 1. The summed E-state index contributed by atoms with van der Waals surface area (Å²) in [6.45, 7) is 2.33. The van der Waals surface area contributed by atoms with Gasteiger partial charge in [0.15, 0.2) is 0 Å². The number of carbonyl (C=O) groups excluding carboxylic acids is 2. The van der Waals surface area contributed by atoms with Crippen LogP contribution in [0.3, 0.4) is 0 Å². The van der Waals surface area contributed by atoms with Gasteiger partial charge in [-0.3, -0.25) is 9.59 Å².